The second kappa shape index (κ2) is 9.79. The molecule has 0 unspecified atom stereocenters. The lowest BCUT2D eigenvalue weighted by atomic mass is 9.73. The van der Waals surface area contributed by atoms with Gasteiger partial charge in [-0.25, -0.2) is 19.9 Å². The maximum absolute atomic E-state index is 6.77. The fraction of sp³-hybridized carbons (Fsp3) is 0.429. The third-order valence-corrected chi connectivity index (χ3v) is 9.89. The van der Waals surface area contributed by atoms with Crippen LogP contribution < -0.4 is 10.6 Å². The molecule has 0 saturated carbocycles. The van der Waals surface area contributed by atoms with Crippen LogP contribution in [0.5, 0.6) is 0 Å². The third-order valence-electron chi connectivity index (χ3n) is 8.44. The van der Waals surface area contributed by atoms with Crippen molar-refractivity contribution >= 4 is 40.8 Å². The standard InChI is InChI=1S/C28H30ClN7OS/c29-24-21(5-8-31-27(24)36-11-13-37-14-12-36)38-23-17-32-26-20(33-23)15-22(34-26)35-9-6-28(7-10-35)16-18-3-1-2-4-19(18)25(28)30/h1-5,8,17,25H,6-7,9-16,30H2/t25-/m1/s1. The Morgan fingerprint density at radius 2 is 1.84 bits per heavy atom. The van der Waals surface area contributed by atoms with Gasteiger partial charge < -0.3 is 20.3 Å². The van der Waals surface area contributed by atoms with Crippen molar-refractivity contribution < 1.29 is 4.74 Å². The van der Waals surface area contributed by atoms with E-state index in [0.29, 0.717) is 24.7 Å². The highest BCUT2D eigenvalue weighted by molar-refractivity contribution is 7.99. The first kappa shape index (κ1) is 24.3. The monoisotopic (exact) mass is 547 g/mol. The smallest absolute Gasteiger partial charge is 0.176 e. The van der Waals surface area contributed by atoms with Crippen LogP contribution in [-0.2, 0) is 17.6 Å². The van der Waals surface area contributed by atoms with E-state index in [1.807, 2.05) is 6.07 Å². The van der Waals surface area contributed by atoms with Gasteiger partial charge in [-0.05, 0) is 41.9 Å². The van der Waals surface area contributed by atoms with Crippen molar-refractivity contribution in [3.63, 3.8) is 0 Å². The number of aliphatic imine (C=N–C) groups is 1. The molecule has 7 rings (SSSR count). The summed E-state index contributed by atoms with van der Waals surface area (Å²) in [7, 11) is 0. The molecule has 1 aromatic carbocycles. The van der Waals surface area contributed by atoms with Crippen LogP contribution in [0.4, 0.5) is 11.6 Å². The van der Waals surface area contributed by atoms with Crippen LogP contribution >= 0.6 is 23.4 Å². The van der Waals surface area contributed by atoms with Crippen LogP contribution in [0.2, 0.25) is 5.02 Å². The number of halogens is 1. The molecule has 0 radical (unpaired) electrons. The minimum Gasteiger partial charge on any atom is -0.378 e. The van der Waals surface area contributed by atoms with E-state index < -0.39 is 0 Å². The Bertz CT molecular complexity index is 1400. The normalized spacial score (nSPS) is 21.9. The molecule has 1 spiro atoms. The maximum Gasteiger partial charge on any atom is 0.176 e. The van der Waals surface area contributed by atoms with Gasteiger partial charge in [-0.2, -0.15) is 0 Å². The summed E-state index contributed by atoms with van der Waals surface area (Å²) in [6, 6.07) is 10.7. The summed E-state index contributed by atoms with van der Waals surface area (Å²) in [4.78, 5) is 24.5. The molecule has 10 heteroatoms. The number of nitrogens with zero attached hydrogens (tertiary/aromatic N) is 6. The van der Waals surface area contributed by atoms with Crippen molar-refractivity contribution in [3.05, 3.63) is 64.6 Å². The van der Waals surface area contributed by atoms with Crippen molar-refractivity contribution in [2.45, 2.75) is 41.6 Å². The number of piperidine rings is 1. The van der Waals surface area contributed by atoms with Crippen molar-refractivity contribution in [1.29, 1.82) is 0 Å². The lowest BCUT2D eigenvalue weighted by Crippen LogP contribution is -2.46. The number of hydrogen-bond acceptors (Lipinski definition) is 9. The number of nitrogens with two attached hydrogens (primary N) is 1. The topological polar surface area (TPSA) is 92.8 Å². The van der Waals surface area contributed by atoms with Crippen molar-refractivity contribution in [2.24, 2.45) is 16.1 Å². The molecule has 2 aromatic heterocycles. The van der Waals surface area contributed by atoms with Gasteiger partial charge in [-0.1, -0.05) is 47.6 Å². The van der Waals surface area contributed by atoms with Crippen LogP contribution in [-0.4, -0.2) is 65.1 Å². The van der Waals surface area contributed by atoms with Crippen LogP contribution in [0.25, 0.3) is 0 Å². The van der Waals surface area contributed by atoms with E-state index in [1.165, 1.54) is 22.9 Å². The Kier molecular flexibility index (Phi) is 6.27. The predicted octanol–water partition coefficient (Wildman–Crippen LogP) is 4.44. The number of aromatic nitrogens is 3. The van der Waals surface area contributed by atoms with Gasteiger partial charge in [-0.15, -0.1) is 0 Å². The van der Waals surface area contributed by atoms with E-state index in [4.69, 9.17) is 32.0 Å². The lowest BCUT2D eigenvalue weighted by Gasteiger charge is -2.43. The zero-order valence-corrected chi connectivity index (χ0v) is 22.7. The second-order valence-corrected chi connectivity index (χ2v) is 12.0. The number of hydrogen-bond donors (Lipinski definition) is 1. The minimum atomic E-state index is 0.121. The van der Waals surface area contributed by atoms with Crippen LogP contribution in [0, 0.1) is 5.41 Å². The van der Waals surface area contributed by atoms with Crippen LogP contribution in [0.3, 0.4) is 0 Å². The first-order valence-corrected chi connectivity index (χ1v) is 14.5. The maximum atomic E-state index is 6.77. The molecule has 2 N–H and O–H groups in total. The number of amidine groups is 1. The molecular weight excluding hydrogens is 518 g/mol. The Balaban J connectivity index is 1.02. The molecular formula is C28H30ClN7OS. The molecule has 196 valence electrons. The molecule has 0 amide bonds. The largest absolute Gasteiger partial charge is 0.378 e. The molecule has 5 heterocycles. The van der Waals surface area contributed by atoms with Gasteiger partial charge in [0.25, 0.3) is 0 Å². The molecule has 1 aliphatic carbocycles. The fourth-order valence-corrected chi connectivity index (χ4v) is 7.42. The zero-order chi connectivity index (χ0) is 25.7. The Hall–Kier alpha value is -2.72. The SMILES string of the molecule is N[C@@H]1c2ccccc2CC12CCN(C1=Nc3ncc(Sc4ccnc(N5CCOCC5)c4Cl)nc3C1)CC2. The number of rotatable bonds is 3. The van der Waals surface area contributed by atoms with Gasteiger partial charge in [0.2, 0.25) is 0 Å². The molecule has 2 saturated heterocycles. The fourth-order valence-electron chi connectivity index (χ4n) is 6.28. The van der Waals surface area contributed by atoms with Gasteiger partial charge in [0.15, 0.2) is 5.82 Å². The molecule has 0 bridgehead atoms. The Morgan fingerprint density at radius 1 is 1.03 bits per heavy atom. The van der Waals surface area contributed by atoms with Gasteiger partial charge in [0.1, 0.15) is 16.7 Å². The van der Waals surface area contributed by atoms with Gasteiger partial charge in [0.05, 0.1) is 36.5 Å². The number of anilines is 1. The van der Waals surface area contributed by atoms with E-state index in [2.05, 4.69) is 44.0 Å². The average molecular weight is 548 g/mol. The van der Waals surface area contributed by atoms with Crippen molar-refractivity contribution in [1.82, 2.24) is 19.9 Å². The van der Waals surface area contributed by atoms with Crippen molar-refractivity contribution in [3.8, 4) is 0 Å². The van der Waals surface area contributed by atoms with E-state index in [9.17, 15) is 0 Å². The summed E-state index contributed by atoms with van der Waals surface area (Å²) >= 11 is 8.29. The highest BCUT2D eigenvalue weighted by atomic mass is 35.5. The molecule has 8 nitrogen and oxygen atoms in total. The molecule has 2 fully saturated rings. The summed E-state index contributed by atoms with van der Waals surface area (Å²) in [6.07, 6.45) is 7.54. The number of likely N-dealkylation sites (tertiary alicyclic amines) is 1. The van der Waals surface area contributed by atoms with Crippen molar-refractivity contribution in [2.75, 3.05) is 44.3 Å². The lowest BCUT2D eigenvalue weighted by molar-refractivity contribution is 0.122. The van der Waals surface area contributed by atoms with E-state index in [-0.39, 0.29) is 11.5 Å². The number of fused-ring (bicyclic) bond motifs is 2. The molecule has 3 aromatic rings. The number of benzene rings is 1. The second-order valence-electron chi connectivity index (χ2n) is 10.5. The summed E-state index contributed by atoms with van der Waals surface area (Å²) in [5.41, 5.74) is 10.6. The zero-order valence-electron chi connectivity index (χ0n) is 21.1. The summed E-state index contributed by atoms with van der Waals surface area (Å²) in [5, 5.41) is 1.46. The number of pyridine rings is 1. The molecule has 3 aliphatic heterocycles. The van der Waals surface area contributed by atoms with Crippen LogP contribution in [0.15, 0.2) is 57.6 Å². The van der Waals surface area contributed by atoms with Crippen LogP contribution in [0.1, 0.15) is 35.7 Å². The van der Waals surface area contributed by atoms with E-state index in [1.54, 1.807) is 12.4 Å². The summed E-state index contributed by atoms with van der Waals surface area (Å²) in [5.74, 6) is 2.59. The summed E-state index contributed by atoms with van der Waals surface area (Å²) < 4.78 is 5.47. The number of ether oxygens (including phenoxy) is 1. The van der Waals surface area contributed by atoms with E-state index in [0.717, 1.165) is 78.5 Å². The van der Waals surface area contributed by atoms with Gasteiger partial charge in [-0.3, -0.25) is 0 Å². The third kappa shape index (κ3) is 4.25. The highest BCUT2D eigenvalue weighted by Gasteiger charge is 2.46. The van der Waals surface area contributed by atoms with E-state index >= 15 is 0 Å². The molecule has 38 heavy (non-hydrogen) atoms. The minimum absolute atomic E-state index is 0.121. The van der Waals surface area contributed by atoms with Gasteiger partial charge >= 0.3 is 0 Å². The first-order chi connectivity index (χ1) is 18.6. The quantitative estimate of drug-likeness (QED) is 0.514. The number of morpholine rings is 1. The Labute approximate surface area is 231 Å². The summed E-state index contributed by atoms with van der Waals surface area (Å²) in [6.45, 7) is 4.88. The first-order valence-electron chi connectivity index (χ1n) is 13.3. The molecule has 4 aliphatic rings. The highest BCUT2D eigenvalue weighted by Crippen LogP contribution is 2.51. The Morgan fingerprint density at radius 3 is 2.66 bits per heavy atom. The average Bonchev–Trinajstić information content (AvgIpc) is 3.49. The predicted molar refractivity (Wildman–Crippen MR) is 150 cm³/mol. The molecule has 1 atom stereocenters. The van der Waals surface area contributed by atoms with Gasteiger partial charge in [0, 0.05) is 43.3 Å².